The first-order valence-electron chi connectivity index (χ1n) is 5.43. The fourth-order valence-corrected chi connectivity index (χ4v) is 1.91. The SMILES string of the molecule is O=C(Nc1ccc(Cl)cc1C(=O)O)c1ccc(Br)cn1. The van der Waals surface area contributed by atoms with Crippen molar-refractivity contribution in [2.45, 2.75) is 0 Å². The van der Waals surface area contributed by atoms with Gasteiger partial charge in [0.1, 0.15) is 5.69 Å². The van der Waals surface area contributed by atoms with E-state index in [1.165, 1.54) is 30.5 Å². The first kappa shape index (κ1) is 14.5. The molecule has 1 aromatic heterocycles. The molecule has 0 aliphatic carbocycles. The minimum Gasteiger partial charge on any atom is -0.478 e. The lowest BCUT2D eigenvalue weighted by molar-refractivity contribution is 0.0698. The molecule has 20 heavy (non-hydrogen) atoms. The van der Waals surface area contributed by atoms with Gasteiger partial charge in [-0.3, -0.25) is 4.79 Å². The van der Waals surface area contributed by atoms with E-state index < -0.39 is 11.9 Å². The van der Waals surface area contributed by atoms with Crippen molar-refractivity contribution < 1.29 is 14.7 Å². The van der Waals surface area contributed by atoms with Gasteiger partial charge in [-0.15, -0.1) is 0 Å². The quantitative estimate of drug-likeness (QED) is 0.884. The topological polar surface area (TPSA) is 79.3 Å². The maximum atomic E-state index is 12.0. The maximum absolute atomic E-state index is 12.0. The lowest BCUT2D eigenvalue weighted by atomic mass is 10.1. The molecule has 5 nitrogen and oxygen atoms in total. The van der Waals surface area contributed by atoms with E-state index in [4.69, 9.17) is 16.7 Å². The molecule has 1 heterocycles. The van der Waals surface area contributed by atoms with Gasteiger partial charge in [0.15, 0.2) is 0 Å². The van der Waals surface area contributed by atoms with Crippen LogP contribution in [0.1, 0.15) is 20.8 Å². The Bertz CT molecular complexity index is 674. The number of rotatable bonds is 3. The van der Waals surface area contributed by atoms with E-state index in [1.807, 2.05) is 0 Å². The summed E-state index contributed by atoms with van der Waals surface area (Å²) in [5.41, 5.74) is 0.263. The van der Waals surface area contributed by atoms with E-state index in [2.05, 4.69) is 26.2 Å². The van der Waals surface area contributed by atoms with Crippen molar-refractivity contribution >= 4 is 45.1 Å². The number of amides is 1. The van der Waals surface area contributed by atoms with Gasteiger partial charge in [0.2, 0.25) is 0 Å². The number of carbonyl (C=O) groups is 2. The van der Waals surface area contributed by atoms with Crippen LogP contribution in [0, 0.1) is 0 Å². The third-order valence-electron chi connectivity index (χ3n) is 2.42. The number of nitrogens with one attached hydrogen (secondary N) is 1. The standard InChI is InChI=1S/C13H8BrClN2O3/c14-7-1-3-11(16-6-7)12(18)17-10-4-2-8(15)5-9(10)13(19)20/h1-6H,(H,17,18)(H,19,20). The van der Waals surface area contributed by atoms with Crippen molar-refractivity contribution in [2.75, 3.05) is 5.32 Å². The summed E-state index contributed by atoms with van der Waals surface area (Å²) in [5, 5.41) is 11.9. The molecule has 2 N–H and O–H groups in total. The number of anilines is 1. The van der Waals surface area contributed by atoms with Crippen LogP contribution in [0.4, 0.5) is 5.69 Å². The molecule has 0 aliphatic rings. The van der Waals surface area contributed by atoms with Crippen LogP contribution in [0.2, 0.25) is 5.02 Å². The fourth-order valence-electron chi connectivity index (χ4n) is 1.50. The Morgan fingerprint density at radius 3 is 2.60 bits per heavy atom. The number of benzene rings is 1. The number of pyridine rings is 1. The van der Waals surface area contributed by atoms with Gasteiger partial charge >= 0.3 is 5.97 Å². The summed E-state index contributed by atoms with van der Waals surface area (Å²) < 4.78 is 0.742. The van der Waals surface area contributed by atoms with Crippen LogP contribution in [0.3, 0.4) is 0 Å². The molecule has 0 bridgehead atoms. The lowest BCUT2D eigenvalue weighted by Gasteiger charge is -2.08. The molecule has 0 unspecified atom stereocenters. The Kier molecular flexibility index (Phi) is 4.36. The van der Waals surface area contributed by atoms with Crippen molar-refractivity contribution in [3.63, 3.8) is 0 Å². The number of carbonyl (C=O) groups excluding carboxylic acids is 1. The molecule has 0 aliphatic heterocycles. The largest absolute Gasteiger partial charge is 0.478 e. The van der Waals surface area contributed by atoms with Crippen LogP contribution < -0.4 is 5.32 Å². The highest BCUT2D eigenvalue weighted by atomic mass is 79.9. The minimum absolute atomic E-state index is 0.0806. The molecular formula is C13H8BrClN2O3. The van der Waals surface area contributed by atoms with E-state index in [0.29, 0.717) is 0 Å². The summed E-state index contributed by atoms with van der Waals surface area (Å²) in [7, 11) is 0. The van der Waals surface area contributed by atoms with Crippen LogP contribution in [-0.2, 0) is 0 Å². The molecule has 0 saturated heterocycles. The molecule has 1 amide bonds. The number of aromatic nitrogens is 1. The van der Waals surface area contributed by atoms with Gasteiger partial charge in [-0.2, -0.15) is 0 Å². The van der Waals surface area contributed by atoms with E-state index in [1.54, 1.807) is 6.07 Å². The molecule has 0 spiro atoms. The van der Waals surface area contributed by atoms with Gasteiger partial charge in [-0.05, 0) is 46.3 Å². The Morgan fingerprint density at radius 1 is 1.25 bits per heavy atom. The fraction of sp³-hybridized carbons (Fsp3) is 0. The zero-order valence-electron chi connectivity index (χ0n) is 9.93. The molecule has 0 fully saturated rings. The predicted molar refractivity (Wildman–Crippen MR) is 78.3 cm³/mol. The Labute approximate surface area is 127 Å². The number of aromatic carboxylic acids is 1. The highest BCUT2D eigenvalue weighted by Crippen LogP contribution is 2.21. The Balaban J connectivity index is 2.28. The number of hydrogen-bond acceptors (Lipinski definition) is 3. The summed E-state index contributed by atoms with van der Waals surface area (Å²) in [6.07, 6.45) is 1.48. The Hall–Kier alpha value is -1.92. The highest BCUT2D eigenvalue weighted by molar-refractivity contribution is 9.10. The van der Waals surface area contributed by atoms with Crippen LogP contribution in [0.5, 0.6) is 0 Å². The molecule has 2 aromatic rings. The number of carboxylic acid groups (broad SMARTS) is 1. The van der Waals surface area contributed by atoms with Crippen LogP contribution >= 0.6 is 27.5 Å². The first-order chi connectivity index (χ1) is 9.47. The van der Waals surface area contributed by atoms with Gasteiger partial charge in [0.25, 0.3) is 5.91 Å². The van der Waals surface area contributed by atoms with Gasteiger partial charge in [-0.1, -0.05) is 11.6 Å². The maximum Gasteiger partial charge on any atom is 0.337 e. The normalized spacial score (nSPS) is 10.1. The average molecular weight is 356 g/mol. The number of nitrogens with zero attached hydrogens (tertiary/aromatic N) is 1. The first-order valence-corrected chi connectivity index (χ1v) is 6.60. The Morgan fingerprint density at radius 2 is 2.00 bits per heavy atom. The number of hydrogen-bond donors (Lipinski definition) is 2. The second-order valence-corrected chi connectivity index (χ2v) is 5.16. The van der Waals surface area contributed by atoms with Gasteiger partial charge in [0, 0.05) is 15.7 Å². The predicted octanol–water partition coefficient (Wildman–Crippen LogP) is 3.45. The van der Waals surface area contributed by atoms with Crippen LogP contribution in [0.25, 0.3) is 0 Å². The molecular weight excluding hydrogens is 348 g/mol. The van der Waals surface area contributed by atoms with Crippen molar-refractivity contribution in [3.05, 3.63) is 57.3 Å². The summed E-state index contributed by atoms with van der Waals surface area (Å²) in [5.74, 6) is -1.67. The lowest BCUT2D eigenvalue weighted by Crippen LogP contribution is -2.16. The van der Waals surface area contributed by atoms with Crippen molar-refractivity contribution in [1.29, 1.82) is 0 Å². The second-order valence-electron chi connectivity index (χ2n) is 3.81. The van der Waals surface area contributed by atoms with Crippen LogP contribution in [0.15, 0.2) is 41.0 Å². The van der Waals surface area contributed by atoms with E-state index in [0.717, 1.165) is 4.47 Å². The summed E-state index contributed by atoms with van der Waals surface area (Å²) in [4.78, 5) is 27.0. The van der Waals surface area contributed by atoms with Crippen LogP contribution in [-0.4, -0.2) is 22.0 Å². The van der Waals surface area contributed by atoms with Gasteiger partial charge < -0.3 is 10.4 Å². The molecule has 1 aromatic carbocycles. The van der Waals surface area contributed by atoms with Gasteiger partial charge in [0.05, 0.1) is 11.3 Å². The minimum atomic E-state index is -1.17. The molecule has 0 radical (unpaired) electrons. The third kappa shape index (κ3) is 3.34. The third-order valence-corrected chi connectivity index (χ3v) is 3.12. The molecule has 0 saturated carbocycles. The summed E-state index contributed by atoms with van der Waals surface area (Å²) in [6.45, 7) is 0. The van der Waals surface area contributed by atoms with Crippen molar-refractivity contribution in [1.82, 2.24) is 4.98 Å². The number of halogens is 2. The summed E-state index contributed by atoms with van der Waals surface area (Å²) in [6, 6.07) is 7.40. The van der Waals surface area contributed by atoms with Gasteiger partial charge in [-0.25, -0.2) is 9.78 Å². The molecule has 7 heteroatoms. The number of carboxylic acids is 1. The van der Waals surface area contributed by atoms with E-state index in [9.17, 15) is 9.59 Å². The van der Waals surface area contributed by atoms with E-state index in [-0.39, 0.29) is 22.0 Å². The zero-order valence-corrected chi connectivity index (χ0v) is 12.3. The molecule has 0 atom stereocenters. The summed E-state index contributed by atoms with van der Waals surface area (Å²) >= 11 is 8.95. The van der Waals surface area contributed by atoms with E-state index >= 15 is 0 Å². The molecule has 2 rings (SSSR count). The second kappa shape index (κ2) is 6.02. The molecule has 102 valence electrons. The smallest absolute Gasteiger partial charge is 0.337 e. The van der Waals surface area contributed by atoms with Crippen molar-refractivity contribution in [2.24, 2.45) is 0 Å². The average Bonchev–Trinajstić information content (AvgIpc) is 2.41. The van der Waals surface area contributed by atoms with Crippen molar-refractivity contribution in [3.8, 4) is 0 Å². The highest BCUT2D eigenvalue weighted by Gasteiger charge is 2.14. The monoisotopic (exact) mass is 354 g/mol. The zero-order chi connectivity index (χ0) is 14.7.